The molecule has 2 aromatic heterocycles. The maximum Gasteiger partial charge on any atom is 0.278 e. The van der Waals surface area contributed by atoms with Crippen molar-refractivity contribution in [3.8, 4) is 5.69 Å². The van der Waals surface area contributed by atoms with E-state index < -0.39 is 5.82 Å². The molecule has 0 aliphatic heterocycles. The van der Waals surface area contributed by atoms with Crippen LogP contribution in [0.5, 0.6) is 0 Å². The lowest BCUT2D eigenvalue weighted by molar-refractivity contribution is 0.0970. The Labute approximate surface area is 144 Å². The van der Waals surface area contributed by atoms with Gasteiger partial charge in [0, 0.05) is 37.9 Å². The smallest absolute Gasteiger partial charge is 0.278 e. The number of rotatable bonds is 6. The second kappa shape index (κ2) is 7.67. The standard InChI is InChI=1S/C18H17FN4O2/c1-25-13-12-22(14-6-9-20-10-7-14)18(24)16-8-11-23(21-16)17-5-3-2-4-15(17)19/h2-11H,12-13H2,1H3. The lowest BCUT2D eigenvalue weighted by atomic mass is 10.3. The van der Waals surface area contributed by atoms with Crippen LogP contribution in [0.25, 0.3) is 5.69 Å². The van der Waals surface area contributed by atoms with Gasteiger partial charge >= 0.3 is 0 Å². The number of aromatic nitrogens is 3. The van der Waals surface area contributed by atoms with Crippen LogP contribution in [0.3, 0.4) is 0 Å². The van der Waals surface area contributed by atoms with Gasteiger partial charge in [-0.3, -0.25) is 9.78 Å². The van der Waals surface area contributed by atoms with Gasteiger partial charge < -0.3 is 9.64 Å². The lowest BCUT2D eigenvalue weighted by Crippen LogP contribution is -2.34. The van der Waals surface area contributed by atoms with Crippen molar-refractivity contribution >= 4 is 11.6 Å². The molecule has 1 amide bonds. The van der Waals surface area contributed by atoms with Crippen molar-refractivity contribution in [3.63, 3.8) is 0 Å². The van der Waals surface area contributed by atoms with Crippen molar-refractivity contribution in [2.45, 2.75) is 0 Å². The van der Waals surface area contributed by atoms with Gasteiger partial charge in [-0.1, -0.05) is 12.1 Å². The Hall–Kier alpha value is -3.06. The van der Waals surface area contributed by atoms with Gasteiger partial charge in [-0.25, -0.2) is 9.07 Å². The molecule has 7 heteroatoms. The van der Waals surface area contributed by atoms with Gasteiger partial charge in [0.15, 0.2) is 5.69 Å². The summed E-state index contributed by atoms with van der Waals surface area (Å²) in [5.74, 6) is -0.701. The molecule has 0 fully saturated rings. The van der Waals surface area contributed by atoms with Crippen molar-refractivity contribution in [2.24, 2.45) is 0 Å². The number of halogens is 1. The molecule has 2 heterocycles. The first-order valence-electron chi connectivity index (χ1n) is 7.72. The second-order valence-corrected chi connectivity index (χ2v) is 5.25. The molecule has 0 bridgehead atoms. The highest BCUT2D eigenvalue weighted by atomic mass is 19.1. The minimum atomic E-state index is -0.407. The fraction of sp³-hybridized carbons (Fsp3) is 0.167. The summed E-state index contributed by atoms with van der Waals surface area (Å²) in [6, 6.07) is 11.3. The average molecular weight is 340 g/mol. The van der Waals surface area contributed by atoms with Gasteiger partial charge in [0.2, 0.25) is 0 Å². The molecule has 1 aromatic carbocycles. The normalized spacial score (nSPS) is 10.6. The Bertz CT molecular complexity index is 851. The molecule has 0 unspecified atom stereocenters. The number of pyridine rings is 1. The van der Waals surface area contributed by atoms with E-state index in [0.29, 0.717) is 18.8 Å². The summed E-state index contributed by atoms with van der Waals surface area (Å²) >= 11 is 0. The number of ether oxygens (including phenoxy) is 1. The van der Waals surface area contributed by atoms with E-state index in [1.165, 1.54) is 10.7 Å². The predicted octanol–water partition coefficient (Wildman–Crippen LogP) is 2.70. The van der Waals surface area contributed by atoms with Crippen LogP contribution >= 0.6 is 0 Å². The zero-order valence-electron chi connectivity index (χ0n) is 13.7. The molecule has 0 spiro atoms. The Morgan fingerprint density at radius 2 is 1.96 bits per heavy atom. The molecule has 25 heavy (non-hydrogen) atoms. The number of methoxy groups -OCH3 is 1. The topological polar surface area (TPSA) is 60.2 Å². The van der Waals surface area contributed by atoms with Crippen molar-refractivity contribution in [1.29, 1.82) is 0 Å². The van der Waals surface area contributed by atoms with Crippen LogP contribution < -0.4 is 4.90 Å². The van der Waals surface area contributed by atoms with Crippen LogP contribution in [0.2, 0.25) is 0 Å². The molecule has 0 radical (unpaired) electrons. The molecule has 0 N–H and O–H groups in total. The van der Waals surface area contributed by atoms with E-state index in [-0.39, 0.29) is 17.3 Å². The maximum atomic E-state index is 13.9. The molecule has 128 valence electrons. The number of carbonyl (C=O) groups excluding carboxylic acids is 1. The Kier molecular flexibility index (Phi) is 5.15. The first kappa shape index (κ1) is 16.8. The molecule has 0 aliphatic carbocycles. The third-order valence-corrected chi connectivity index (χ3v) is 3.65. The number of hydrogen-bond acceptors (Lipinski definition) is 4. The van der Waals surface area contributed by atoms with Gasteiger partial charge in [0.1, 0.15) is 11.5 Å². The summed E-state index contributed by atoms with van der Waals surface area (Å²) in [5.41, 5.74) is 1.20. The van der Waals surface area contributed by atoms with E-state index in [2.05, 4.69) is 10.1 Å². The minimum Gasteiger partial charge on any atom is -0.383 e. The Balaban J connectivity index is 1.89. The molecular formula is C18H17FN4O2. The number of carbonyl (C=O) groups is 1. The maximum absolute atomic E-state index is 13.9. The number of amides is 1. The molecule has 0 aliphatic rings. The molecule has 0 saturated heterocycles. The van der Waals surface area contributed by atoms with Gasteiger partial charge in [0.25, 0.3) is 5.91 Å². The van der Waals surface area contributed by atoms with Crippen molar-refractivity contribution in [2.75, 3.05) is 25.2 Å². The van der Waals surface area contributed by atoms with Gasteiger partial charge in [-0.2, -0.15) is 5.10 Å². The van der Waals surface area contributed by atoms with Crippen LogP contribution in [0.1, 0.15) is 10.5 Å². The summed E-state index contributed by atoms with van der Waals surface area (Å²) in [7, 11) is 1.57. The van der Waals surface area contributed by atoms with Gasteiger partial charge in [-0.05, 0) is 30.3 Å². The fourth-order valence-corrected chi connectivity index (χ4v) is 2.40. The largest absolute Gasteiger partial charge is 0.383 e. The van der Waals surface area contributed by atoms with Gasteiger partial charge in [0.05, 0.1) is 6.61 Å². The van der Waals surface area contributed by atoms with Crippen LogP contribution in [0.15, 0.2) is 61.1 Å². The zero-order chi connectivity index (χ0) is 17.6. The molecular weight excluding hydrogens is 323 g/mol. The van der Waals surface area contributed by atoms with Crippen LogP contribution in [0, 0.1) is 5.82 Å². The number of para-hydroxylation sites is 1. The molecule has 6 nitrogen and oxygen atoms in total. The lowest BCUT2D eigenvalue weighted by Gasteiger charge is -2.21. The highest BCUT2D eigenvalue weighted by Gasteiger charge is 2.20. The number of anilines is 1. The average Bonchev–Trinajstić information content (AvgIpc) is 3.13. The molecule has 0 saturated carbocycles. The third-order valence-electron chi connectivity index (χ3n) is 3.65. The van der Waals surface area contributed by atoms with Crippen molar-refractivity contribution in [3.05, 3.63) is 72.6 Å². The van der Waals surface area contributed by atoms with E-state index in [1.54, 1.807) is 67.0 Å². The predicted molar refractivity (Wildman–Crippen MR) is 91.3 cm³/mol. The van der Waals surface area contributed by atoms with E-state index in [4.69, 9.17) is 4.74 Å². The summed E-state index contributed by atoms with van der Waals surface area (Å²) in [6.45, 7) is 0.744. The number of hydrogen-bond donors (Lipinski definition) is 0. The third kappa shape index (κ3) is 3.72. The van der Waals surface area contributed by atoms with Crippen molar-refractivity contribution in [1.82, 2.24) is 14.8 Å². The highest BCUT2D eigenvalue weighted by Crippen LogP contribution is 2.17. The van der Waals surface area contributed by atoms with E-state index in [9.17, 15) is 9.18 Å². The van der Waals surface area contributed by atoms with Crippen LogP contribution in [0.4, 0.5) is 10.1 Å². The van der Waals surface area contributed by atoms with E-state index in [0.717, 1.165) is 0 Å². The van der Waals surface area contributed by atoms with Gasteiger partial charge in [-0.15, -0.1) is 0 Å². The van der Waals surface area contributed by atoms with E-state index >= 15 is 0 Å². The molecule has 3 rings (SSSR count). The zero-order valence-corrected chi connectivity index (χ0v) is 13.7. The highest BCUT2D eigenvalue weighted by molar-refractivity contribution is 6.04. The molecule has 3 aromatic rings. The first-order chi connectivity index (χ1) is 12.2. The quantitative estimate of drug-likeness (QED) is 0.692. The molecule has 0 atom stereocenters. The fourth-order valence-electron chi connectivity index (χ4n) is 2.40. The SMILES string of the molecule is COCCN(C(=O)c1ccn(-c2ccccc2F)n1)c1ccncc1. The Morgan fingerprint density at radius 1 is 1.20 bits per heavy atom. The van der Waals surface area contributed by atoms with E-state index in [1.807, 2.05) is 0 Å². The van der Waals surface area contributed by atoms with Crippen molar-refractivity contribution < 1.29 is 13.9 Å². The minimum absolute atomic E-state index is 0.219. The summed E-state index contributed by atoms with van der Waals surface area (Å²) < 4.78 is 20.3. The van der Waals surface area contributed by atoms with Crippen LogP contribution in [-0.2, 0) is 4.74 Å². The summed E-state index contributed by atoms with van der Waals surface area (Å²) in [6.07, 6.45) is 4.79. The monoisotopic (exact) mass is 340 g/mol. The second-order valence-electron chi connectivity index (χ2n) is 5.25. The first-order valence-corrected chi connectivity index (χ1v) is 7.72. The number of nitrogens with zero attached hydrogens (tertiary/aromatic N) is 4. The Morgan fingerprint density at radius 3 is 2.68 bits per heavy atom. The number of benzene rings is 1. The summed E-state index contributed by atoms with van der Waals surface area (Å²) in [5, 5.41) is 4.22. The van der Waals surface area contributed by atoms with Crippen LogP contribution in [-0.4, -0.2) is 40.9 Å². The summed E-state index contributed by atoms with van der Waals surface area (Å²) in [4.78, 5) is 18.4.